The van der Waals surface area contributed by atoms with Crippen molar-refractivity contribution >= 4 is 45.7 Å². The summed E-state index contributed by atoms with van der Waals surface area (Å²) in [7, 11) is 0. The molecule has 3 rings (SSSR count). The van der Waals surface area contributed by atoms with Gasteiger partial charge in [0.15, 0.2) is 0 Å². The van der Waals surface area contributed by atoms with E-state index in [4.69, 9.17) is 34.8 Å². The third-order valence-corrected chi connectivity index (χ3v) is 3.73. The number of hydrogen-bond acceptors (Lipinski definition) is 2. The lowest BCUT2D eigenvalue weighted by Crippen LogP contribution is -1.88. The Labute approximate surface area is 125 Å². The van der Waals surface area contributed by atoms with Gasteiger partial charge in [-0.1, -0.05) is 53.0 Å². The lowest BCUT2D eigenvalue weighted by Gasteiger charge is -2.06. The average Bonchev–Trinajstić information content (AvgIpc) is 2.42. The van der Waals surface area contributed by atoms with E-state index >= 15 is 0 Å². The third-order valence-electron chi connectivity index (χ3n) is 2.77. The van der Waals surface area contributed by atoms with E-state index in [9.17, 15) is 0 Å². The molecule has 0 aliphatic carbocycles. The molecule has 2 aromatic heterocycles. The van der Waals surface area contributed by atoms with Gasteiger partial charge in [-0.25, -0.2) is 4.98 Å². The van der Waals surface area contributed by atoms with Crippen LogP contribution in [0, 0.1) is 0 Å². The molecule has 1 aromatic carbocycles. The van der Waals surface area contributed by atoms with Crippen LogP contribution < -0.4 is 0 Å². The van der Waals surface area contributed by atoms with Crippen molar-refractivity contribution in [2.24, 2.45) is 0 Å². The van der Waals surface area contributed by atoms with Crippen LogP contribution in [0.1, 0.15) is 0 Å². The van der Waals surface area contributed by atoms with Crippen molar-refractivity contribution in [2.45, 2.75) is 0 Å². The number of pyridine rings is 2. The van der Waals surface area contributed by atoms with E-state index in [1.165, 1.54) is 0 Å². The molecule has 0 bridgehead atoms. The van der Waals surface area contributed by atoms with Crippen molar-refractivity contribution in [1.82, 2.24) is 9.97 Å². The monoisotopic (exact) mass is 308 g/mol. The highest BCUT2D eigenvalue weighted by molar-refractivity contribution is 6.43. The molecule has 0 saturated heterocycles. The molecule has 19 heavy (non-hydrogen) atoms. The number of aromatic nitrogens is 2. The minimum Gasteiger partial charge on any atom is -0.256 e. The molecule has 0 aliphatic heterocycles. The van der Waals surface area contributed by atoms with Crippen LogP contribution in [-0.2, 0) is 0 Å². The van der Waals surface area contributed by atoms with Gasteiger partial charge in [0.05, 0.1) is 21.3 Å². The summed E-state index contributed by atoms with van der Waals surface area (Å²) in [5, 5.41) is 2.10. The Hall–Kier alpha value is -1.35. The second-order valence-electron chi connectivity index (χ2n) is 4.00. The van der Waals surface area contributed by atoms with Gasteiger partial charge in [0.1, 0.15) is 5.15 Å². The first-order chi connectivity index (χ1) is 9.15. The fraction of sp³-hybridized carbons (Fsp3) is 0. The first kappa shape index (κ1) is 12.7. The van der Waals surface area contributed by atoms with Gasteiger partial charge in [0.2, 0.25) is 0 Å². The Morgan fingerprint density at radius 1 is 0.895 bits per heavy atom. The summed E-state index contributed by atoms with van der Waals surface area (Å²) < 4.78 is 0. The quantitative estimate of drug-likeness (QED) is 0.573. The molecule has 0 aliphatic rings. The topological polar surface area (TPSA) is 25.8 Å². The van der Waals surface area contributed by atoms with Crippen LogP contribution in [-0.4, -0.2) is 9.97 Å². The van der Waals surface area contributed by atoms with Crippen LogP contribution in [0.3, 0.4) is 0 Å². The molecule has 2 nitrogen and oxygen atoms in total. The highest BCUT2D eigenvalue weighted by Crippen LogP contribution is 2.33. The number of nitrogens with zero attached hydrogens (tertiary/aromatic N) is 2. The van der Waals surface area contributed by atoms with E-state index < -0.39 is 0 Å². The van der Waals surface area contributed by atoms with Crippen molar-refractivity contribution < 1.29 is 0 Å². The van der Waals surface area contributed by atoms with E-state index in [0.717, 1.165) is 16.5 Å². The Kier molecular flexibility index (Phi) is 3.31. The van der Waals surface area contributed by atoms with Gasteiger partial charge in [0.25, 0.3) is 0 Å². The van der Waals surface area contributed by atoms with Crippen LogP contribution in [0.15, 0.2) is 42.6 Å². The summed E-state index contributed by atoms with van der Waals surface area (Å²) in [6.45, 7) is 0. The summed E-state index contributed by atoms with van der Waals surface area (Å²) in [6.07, 6.45) is 1.75. The molecule has 94 valence electrons. The van der Waals surface area contributed by atoms with Crippen molar-refractivity contribution in [2.75, 3.05) is 0 Å². The number of fused-ring (bicyclic) bond motifs is 1. The molecular weight excluding hydrogens is 303 g/mol. The zero-order valence-corrected chi connectivity index (χ0v) is 11.8. The van der Waals surface area contributed by atoms with Crippen LogP contribution in [0.2, 0.25) is 15.2 Å². The molecule has 0 atom stereocenters. The second-order valence-corrected chi connectivity index (χ2v) is 5.17. The first-order valence-corrected chi connectivity index (χ1v) is 6.65. The molecular formula is C14H7Cl3N2. The highest BCUT2D eigenvalue weighted by atomic mass is 35.5. The van der Waals surface area contributed by atoms with Crippen LogP contribution in [0.4, 0.5) is 0 Å². The van der Waals surface area contributed by atoms with Crippen LogP contribution >= 0.6 is 34.8 Å². The zero-order valence-electron chi connectivity index (χ0n) is 9.57. The van der Waals surface area contributed by atoms with E-state index in [2.05, 4.69) is 9.97 Å². The molecule has 0 unspecified atom stereocenters. The maximum Gasteiger partial charge on any atom is 0.148 e. The van der Waals surface area contributed by atoms with Crippen molar-refractivity contribution in [1.29, 1.82) is 0 Å². The van der Waals surface area contributed by atoms with Gasteiger partial charge >= 0.3 is 0 Å². The first-order valence-electron chi connectivity index (χ1n) is 5.52. The predicted octanol–water partition coefficient (Wildman–Crippen LogP) is 5.26. The van der Waals surface area contributed by atoms with Crippen LogP contribution in [0.5, 0.6) is 0 Å². The van der Waals surface area contributed by atoms with Gasteiger partial charge in [-0.15, -0.1) is 0 Å². The number of rotatable bonds is 1. The maximum atomic E-state index is 6.16. The molecule has 3 aromatic rings. The van der Waals surface area contributed by atoms with E-state index in [-0.39, 0.29) is 5.15 Å². The fourth-order valence-electron chi connectivity index (χ4n) is 1.86. The minimum absolute atomic E-state index is 0.238. The Morgan fingerprint density at radius 3 is 2.58 bits per heavy atom. The number of benzene rings is 1. The fourth-order valence-corrected chi connectivity index (χ4v) is 2.47. The lowest BCUT2D eigenvalue weighted by atomic mass is 10.1. The Balaban J connectivity index is 2.21. The molecule has 0 fully saturated rings. The summed E-state index contributed by atoms with van der Waals surface area (Å²) in [5.41, 5.74) is 2.34. The SMILES string of the molecule is Clc1cc(Cl)c(-c2ccc3cccnc3c2)nc1Cl. The summed E-state index contributed by atoms with van der Waals surface area (Å²) in [6, 6.07) is 11.3. The van der Waals surface area contributed by atoms with Crippen molar-refractivity contribution in [3.63, 3.8) is 0 Å². The van der Waals surface area contributed by atoms with Gasteiger partial charge in [-0.2, -0.15) is 0 Å². The van der Waals surface area contributed by atoms with Crippen molar-refractivity contribution in [3.05, 3.63) is 57.8 Å². The van der Waals surface area contributed by atoms with Gasteiger partial charge in [-0.3, -0.25) is 4.98 Å². The molecule has 0 spiro atoms. The summed E-state index contributed by atoms with van der Waals surface area (Å²) in [5.74, 6) is 0. The molecule has 0 N–H and O–H groups in total. The summed E-state index contributed by atoms with van der Waals surface area (Å²) >= 11 is 18.0. The van der Waals surface area contributed by atoms with Gasteiger partial charge in [0, 0.05) is 17.1 Å². The predicted molar refractivity (Wildman–Crippen MR) is 80.0 cm³/mol. The van der Waals surface area contributed by atoms with Gasteiger partial charge in [-0.05, 0) is 18.2 Å². The van der Waals surface area contributed by atoms with Crippen molar-refractivity contribution in [3.8, 4) is 11.3 Å². The second kappa shape index (κ2) is 4.97. The average molecular weight is 310 g/mol. The smallest absolute Gasteiger partial charge is 0.148 e. The van der Waals surface area contributed by atoms with Gasteiger partial charge < -0.3 is 0 Å². The molecule has 0 saturated carbocycles. The maximum absolute atomic E-state index is 6.16. The Morgan fingerprint density at radius 2 is 1.74 bits per heavy atom. The summed E-state index contributed by atoms with van der Waals surface area (Å²) in [4.78, 5) is 8.53. The standard InChI is InChI=1S/C14H7Cl3N2/c15-10-7-11(16)14(17)19-13(10)9-4-3-8-2-1-5-18-12(8)6-9/h1-7H. The Bertz CT molecular complexity index is 772. The molecule has 5 heteroatoms. The molecule has 0 amide bonds. The molecule has 0 radical (unpaired) electrons. The zero-order chi connectivity index (χ0) is 13.4. The van der Waals surface area contributed by atoms with E-state index in [1.54, 1.807) is 12.3 Å². The largest absolute Gasteiger partial charge is 0.256 e. The van der Waals surface area contributed by atoms with E-state index in [1.807, 2.05) is 30.3 Å². The normalized spacial score (nSPS) is 10.9. The minimum atomic E-state index is 0.238. The molecule has 2 heterocycles. The third kappa shape index (κ3) is 2.39. The highest BCUT2D eigenvalue weighted by Gasteiger charge is 2.10. The number of hydrogen-bond donors (Lipinski definition) is 0. The van der Waals surface area contributed by atoms with Crippen LogP contribution in [0.25, 0.3) is 22.2 Å². The van der Waals surface area contributed by atoms with E-state index in [0.29, 0.717) is 15.7 Å². The lowest BCUT2D eigenvalue weighted by molar-refractivity contribution is 1.32. The number of halogens is 3.